The number of nitriles is 1. The van der Waals surface area contributed by atoms with Crippen LogP contribution in [0.5, 0.6) is 0 Å². The van der Waals surface area contributed by atoms with Crippen LogP contribution in [0.2, 0.25) is 5.02 Å². The molecule has 0 radical (unpaired) electrons. The van der Waals surface area contributed by atoms with Crippen LogP contribution in [0.1, 0.15) is 21.5 Å². The van der Waals surface area contributed by atoms with Crippen LogP contribution in [0, 0.1) is 18.3 Å². The molecule has 0 aliphatic heterocycles. The zero-order chi connectivity index (χ0) is 15.4. The lowest BCUT2D eigenvalue weighted by atomic mass is 10.1. The molecule has 0 aliphatic carbocycles. The highest BCUT2D eigenvalue weighted by Crippen LogP contribution is 2.25. The summed E-state index contributed by atoms with van der Waals surface area (Å²) in [6, 6.07) is 11.9. The number of halogens is 1. The third-order valence-corrected chi connectivity index (χ3v) is 3.23. The van der Waals surface area contributed by atoms with Gasteiger partial charge in [-0.1, -0.05) is 17.7 Å². The van der Waals surface area contributed by atoms with E-state index in [-0.39, 0.29) is 5.91 Å². The van der Waals surface area contributed by atoms with Gasteiger partial charge in [-0.15, -0.1) is 0 Å². The van der Waals surface area contributed by atoms with Crippen molar-refractivity contribution in [2.45, 2.75) is 6.92 Å². The average molecular weight is 301 g/mol. The number of amides is 1. The third kappa shape index (κ3) is 3.31. The topological polar surface area (TPSA) is 90.9 Å². The van der Waals surface area contributed by atoms with Gasteiger partial charge in [0.15, 0.2) is 0 Å². The van der Waals surface area contributed by atoms with Gasteiger partial charge in [-0.2, -0.15) is 5.26 Å². The Morgan fingerprint density at radius 2 is 2.00 bits per heavy atom. The van der Waals surface area contributed by atoms with Crippen molar-refractivity contribution in [3.05, 3.63) is 58.1 Å². The molecular weight excluding hydrogens is 288 g/mol. The van der Waals surface area contributed by atoms with E-state index in [1.807, 2.05) is 19.1 Å². The van der Waals surface area contributed by atoms with E-state index in [9.17, 15) is 4.79 Å². The molecule has 6 heteroatoms. The Hall–Kier alpha value is -2.55. The first kappa shape index (κ1) is 14.9. The molecule has 0 saturated heterocycles. The van der Waals surface area contributed by atoms with Gasteiger partial charge in [-0.3, -0.25) is 10.6 Å². The van der Waals surface area contributed by atoms with Crippen LogP contribution in [0.3, 0.4) is 0 Å². The lowest BCUT2D eigenvalue weighted by Gasteiger charge is -2.11. The zero-order valence-corrected chi connectivity index (χ0v) is 12.0. The number of rotatable bonds is 3. The molecule has 4 N–H and O–H groups in total. The monoisotopic (exact) mass is 300 g/mol. The summed E-state index contributed by atoms with van der Waals surface area (Å²) in [7, 11) is 0. The minimum Gasteiger partial charge on any atom is -0.323 e. The number of nitrogen functional groups attached to an aromatic ring is 1. The van der Waals surface area contributed by atoms with Gasteiger partial charge in [0, 0.05) is 0 Å². The second kappa shape index (κ2) is 6.27. The summed E-state index contributed by atoms with van der Waals surface area (Å²) in [5.41, 5.74) is 5.28. The van der Waals surface area contributed by atoms with Gasteiger partial charge in [0.2, 0.25) is 0 Å². The molecule has 2 aromatic carbocycles. The molecule has 0 heterocycles. The fourth-order valence-corrected chi connectivity index (χ4v) is 2.08. The molecular formula is C15H13ClN4O. The maximum absolute atomic E-state index is 12.3. The van der Waals surface area contributed by atoms with Crippen molar-refractivity contribution in [1.82, 2.24) is 0 Å². The zero-order valence-electron chi connectivity index (χ0n) is 11.3. The van der Waals surface area contributed by atoms with Gasteiger partial charge in [-0.05, 0) is 42.8 Å². The normalized spacial score (nSPS) is 9.81. The minimum atomic E-state index is -0.338. The number of aryl methyl sites for hydroxylation is 1. The van der Waals surface area contributed by atoms with Crippen molar-refractivity contribution in [3.63, 3.8) is 0 Å². The Balaban J connectivity index is 2.28. The predicted molar refractivity (Wildman–Crippen MR) is 83.1 cm³/mol. The largest absolute Gasteiger partial charge is 0.323 e. The summed E-state index contributed by atoms with van der Waals surface area (Å²) in [4.78, 5) is 12.3. The molecule has 1 amide bonds. The number of hydrogen-bond acceptors (Lipinski definition) is 4. The van der Waals surface area contributed by atoms with Crippen molar-refractivity contribution in [2.24, 2.45) is 5.84 Å². The van der Waals surface area contributed by atoms with Crippen LogP contribution in [0.4, 0.5) is 11.4 Å². The van der Waals surface area contributed by atoms with E-state index in [1.165, 1.54) is 6.07 Å². The van der Waals surface area contributed by atoms with Crippen molar-refractivity contribution >= 4 is 28.9 Å². The van der Waals surface area contributed by atoms with Gasteiger partial charge in [0.25, 0.3) is 5.91 Å². The summed E-state index contributed by atoms with van der Waals surface area (Å²) < 4.78 is 0. The van der Waals surface area contributed by atoms with Gasteiger partial charge in [-0.25, -0.2) is 0 Å². The predicted octanol–water partition coefficient (Wildman–Crippen LogP) is 3.06. The number of nitrogens with one attached hydrogen (secondary N) is 2. The molecule has 21 heavy (non-hydrogen) atoms. The lowest BCUT2D eigenvalue weighted by Crippen LogP contribution is -2.17. The van der Waals surface area contributed by atoms with E-state index in [4.69, 9.17) is 22.7 Å². The Bertz CT molecular complexity index is 737. The molecule has 5 nitrogen and oxygen atoms in total. The summed E-state index contributed by atoms with van der Waals surface area (Å²) >= 11 is 6.03. The van der Waals surface area contributed by atoms with Crippen molar-refractivity contribution < 1.29 is 4.79 Å². The van der Waals surface area contributed by atoms with Crippen LogP contribution in [0.25, 0.3) is 0 Å². The van der Waals surface area contributed by atoms with Gasteiger partial charge in [0.05, 0.1) is 33.6 Å². The van der Waals surface area contributed by atoms with E-state index < -0.39 is 0 Å². The second-order valence-corrected chi connectivity index (χ2v) is 4.86. The number of hydrogen-bond donors (Lipinski definition) is 3. The number of nitrogens with zero attached hydrogens (tertiary/aromatic N) is 1. The van der Waals surface area contributed by atoms with Gasteiger partial charge < -0.3 is 10.7 Å². The molecule has 2 aromatic rings. The van der Waals surface area contributed by atoms with E-state index in [2.05, 4.69) is 10.7 Å². The Morgan fingerprint density at radius 1 is 1.24 bits per heavy atom. The van der Waals surface area contributed by atoms with Crippen LogP contribution in [-0.2, 0) is 0 Å². The fraction of sp³-hybridized carbons (Fsp3) is 0.0667. The van der Waals surface area contributed by atoms with Crippen LogP contribution in [-0.4, -0.2) is 5.91 Å². The van der Waals surface area contributed by atoms with Crippen LogP contribution in [0.15, 0.2) is 36.4 Å². The first-order chi connectivity index (χ1) is 10.0. The van der Waals surface area contributed by atoms with Crippen molar-refractivity contribution in [3.8, 4) is 6.07 Å². The number of carbonyl (C=O) groups is 1. The Kier molecular flexibility index (Phi) is 4.43. The molecule has 106 valence electrons. The highest BCUT2D eigenvalue weighted by atomic mass is 35.5. The van der Waals surface area contributed by atoms with Crippen LogP contribution >= 0.6 is 11.6 Å². The molecule has 0 aliphatic rings. The first-order valence-corrected chi connectivity index (χ1v) is 6.51. The summed E-state index contributed by atoms with van der Waals surface area (Å²) in [5.74, 6) is 5.09. The van der Waals surface area contributed by atoms with E-state index in [0.29, 0.717) is 27.5 Å². The van der Waals surface area contributed by atoms with E-state index in [1.54, 1.807) is 24.3 Å². The molecule has 2 rings (SSSR count). The Labute approximate surface area is 127 Å². The Morgan fingerprint density at radius 3 is 2.62 bits per heavy atom. The molecule has 0 fully saturated rings. The lowest BCUT2D eigenvalue weighted by molar-refractivity contribution is 0.102. The molecule has 0 aromatic heterocycles. The molecule has 0 bridgehead atoms. The quantitative estimate of drug-likeness (QED) is 0.600. The second-order valence-electron chi connectivity index (χ2n) is 4.45. The number of carbonyl (C=O) groups excluding carboxylic acids is 1. The van der Waals surface area contributed by atoms with Gasteiger partial charge >= 0.3 is 0 Å². The van der Waals surface area contributed by atoms with E-state index in [0.717, 1.165) is 5.56 Å². The highest BCUT2D eigenvalue weighted by molar-refractivity contribution is 6.34. The van der Waals surface area contributed by atoms with E-state index >= 15 is 0 Å². The standard InChI is InChI=1S/C15H13ClN4O/c1-9-2-4-11(14(6-9)20-18)15(21)19-13-5-3-10(8-17)7-12(13)16/h2-7,20H,18H2,1H3,(H,19,21). The summed E-state index contributed by atoms with van der Waals surface area (Å²) in [6.45, 7) is 1.90. The maximum Gasteiger partial charge on any atom is 0.257 e. The third-order valence-electron chi connectivity index (χ3n) is 2.92. The SMILES string of the molecule is Cc1ccc(C(=O)Nc2ccc(C#N)cc2Cl)c(NN)c1. The molecule has 0 unspecified atom stereocenters. The summed E-state index contributed by atoms with van der Waals surface area (Å²) in [6.07, 6.45) is 0. The molecule has 0 atom stereocenters. The smallest absolute Gasteiger partial charge is 0.257 e. The molecule has 0 spiro atoms. The number of anilines is 2. The first-order valence-electron chi connectivity index (χ1n) is 6.13. The summed E-state index contributed by atoms with van der Waals surface area (Å²) in [5, 5.41) is 11.8. The van der Waals surface area contributed by atoms with Crippen molar-refractivity contribution in [2.75, 3.05) is 10.7 Å². The fourth-order valence-electron chi connectivity index (χ4n) is 1.85. The van der Waals surface area contributed by atoms with Gasteiger partial charge in [0.1, 0.15) is 0 Å². The average Bonchev–Trinajstić information content (AvgIpc) is 2.48. The highest BCUT2D eigenvalue weighted by Gasteiger charge is 2.13. The number of nitrogens with two attached hydrogens (primary N) is 1. The maximum atomic E-state index is 12.3. The molecule has 0 saturated carbocycles. The van der Waals surface area contributed by atoms with Crippen LogP contribution < -0.4 is 16.6 Å². The minimum absolute atomic E-state index is 0.303. The number of benzene rings is 2. The van der Waals surface area contributed by atoms with Crippen molar-refractivity contribution in [1.29, 1.82) is 5.26 Å². The number of hydrazine groups is 1.